The van der Waals surface area contributed by atoms with Crippen molar-refractivity contribution in [1.29, 1.82) is 0 Å². The molecule has 3 aromatic rings. The van der Waals surface area contributed by atoms with Crippen LogP contribution in [0, 0.1) is 5.92 Å². The first-order chi connectivity index (χ1) is 14.1. The molecule has 0 saturated carbocycles. The Labute approximate surface area is 171 Å². The molecule has 5 nitrogen and oxygen atoms in total. The quantitative estimate of drug-likeness (QED) is 0.726. The van der Waals surface area contributed by atoms with Crippen LogP contribution in [0.25, 0.3) is 11.4 Å². The number of amides is 1. The standard InChI is InChI=1S/C24H27N3O2/c1-26-16-13-25-23(26)20-9-5-6-10-21(20)24(29)27-14-11-19(12-15-27)22(28)17-18-7-3-2-4-8-18/h2-10,13,16,19,22,28H,11-12,14-15,17H2,1H3/t22-/m0/s1. The Hall–Kier alpha value is -2.92. The van der Waals surface area contributed by atoms with Crippen LogP contribution in [0.3, 0.4) is 0 Å². The van der Waals surface area contributed by atoms with Crippen LogP contribution in [0.4, 0.5) is 0 Å². The lowest BCUT2D eigenvalue weighted by Crippen LogP contribution is -2.41. The number of rotatable bonds is 5. The number of benzene rings is 2. The SMILES string of the molecule is Cn1ccnc1-c1ccccc1C(=O)N1CCC([C@@H](O)Cc2ccccc2)CC1. The van der Waals surface area contributed by atoms with E-state index in [-0.39, 0.29) is 17.9 Å². The molecule has 0 spiro atoms. The summed E-state index contributed by atoms with van der Waals surface area (Å²) in [5.74, 6) is 1.06. The zero-order valence-corrected chi connectivity index (χ0v) is 16.7. The first-order valence-corrected chi connectivity index (χ1v) is 10.2. The van der Waals surface area contributed by atoms with Gasteiger partial charge >= 0.3 is 0 Å². The van der Waals surface area contributed by atoms with Gasteiger partial charge in [0.05, 0.1) is 11.7 Å². The Kier molecular flexibility index (Phi) is 5.76. The monoisotopic (exact) mass is 389 g/mol. The number of carbonyl (C=O) groups is 1. The summed E-state index contributed by atoms with van der Waals surface area (Å²) in [5, 5.41) is 10.7. The molecule has 2 heterocycles. The number of hydrogen-bond donors (Lipinski definition) is 1. The number of aromatic nitrogens is 2. The highest BCUT2D eigenvalue weighted by Gasteiger charge is 2.29. The molecule has 1 aliphatic heterocycles. The molecule has 1 amide bonds. The van der Waals surface area contributed by atoms with E-state index in [1.54, 1.807) is 6.20 Å². The summed E-state index contributed by atoms with van der Waals surface area (Å²) in [4.78, 5) is 19.5. The second kappa shape index (κ2) is 8.62. The number of likely N-dealkylation sites (tertiary alicyclic amines) is 1. The molecular weight excluding hydrogens is 362 g/mol. The van der Waals surface area contributed by atoms with E-state index in [0.29, 0.717) is 25.1 Å². The third-order valence-corrected chi connectivity index (χ3v) is 5.88. The minimum atomic E-state index is -0.366. The minimum absolute atomic E-state index is 0.0413. The van der Waals surface area contributed by atoms with Crippen LogP contribution in [-0.4, -0.2) is 44.7 Å². The largest absolute Gasteiger partial charge is 0.392 e. The topological polar surface area (TPSA) is 58.4 Å². The van der Waals surface area contributed by atoms with Gasteiger partial charge in [0.25, 0.3) is 5.91 Å². The fourth-order valence-corrected chi connectivity index (χ4v) is 4.17. The number of piperidine rings is 1. The second-order valence-electron chi connectivity index (χ2n) is 7.79. The van der Waals surface area contributed by atoms with Crippen molar-refractivity contribution in [3.05, 3.63) is 78.1 Å². The number of nitrogens with zero attached hydrogens (tertiary/aromatic N) is 3. The third kappa shape index (κ3) is 4.25. The summed E-state index contributed by atoms with van der Waals surface area (Å²) < 4.78 is 1.93. The lowest BCUT2D eigenvalue weighted by atomic mass is 9.87. The van der Waals surface area contributed by atoms with Crippen molar-refractivity contribution >= 4 is 5.91 Å². The van der Waals surface area contributed by atoms with Crippen molar-refractivity contribution in [3.8, 4) is 11.4 Å². The Morgan fingerprint density at radius 1 is 1.10 bits per heavy atom. The highest BCUT2D eigenvalue weighted by molar-refractivity contribution is 6.00. The van der Waals surface area contributed by atoms with Crippen molar-refractivity contribution < 1.29 is 9.90 Å². The summed E-state index contributed by atoms with van der Waals surface area (Å²) in [7, 11) is 1.93. The first-order valence-electron chi connectivity index (χ1n) is 10.2. The lowest BCUT2D eigenvalue weighted by molar-refractivity contribution is 0.0468. The van der Waals surface area contributed by atoms with Crippen LogP contribution in [0.15, 0.2) is 67.0 Å². The van der Waals surface area contributed by atoms with Crippen molar-refractivity contribution in [3.63, 3.8) is 0 Å². The number of aliphatic hydroxyl groups excluding tert-OH is 1. The second-order valence-corrected chi connectivity index (χ2v) is 7.79. The van der Waals surface area contributed by atoms with E-state index in [9.17, 15) is 9.90 Å². The summed E-state index contributed by atoms with van der Waals surface area (Å²) in [6.07, 6.45) is 5.58. The Morgan fingerprint density at radius 3 is 2.48 bits per heavy atom. The van der Waals surface area contributed by atoms with Crippen LogP contribution in [0.1, 0.15) is 28.8 Å². The van der Waals surface area contributed by atoms with Crippen molar-refractivity contribution in [2.75, 3.05) is 13.1 Å². The molecule has 0 bridgehead atoms. The molecule has 1 aromatic heterocycles. The predicted molar refractivity (Wildman–Crippen MR) is 113 cm³/mol. The number of aliphatic hydroxyl groups is 1. The van der Waals surface area contributed by atoms with Crippen LogP contribution >= 0.6 is 0 Å². The van der Waals surface area contributed by atoms with Gasteiger partial charge < -0.3 is 14.6 Å². The molecule has 1 aliphatic rings. The molecule has 5 heteroatoms. The average molecular weight is 389 g/mol. The van der Waals surface area contributed by atoms with Crippen molar-refractivity contribution in [2.45, 2.75) is 25.4 Å². The summed E-state index contributed by atoms with van der Waals surface area (Å²) >= 11 is 0. The molecule has 2 aromatic carbocycles. The summed E-state index contributed by atoms with van der Waals surface area (Å²) in [5.41, 5.74) is 2.70. The molecule has 150 valence electrons. The summed E-state index contributed by atoms with van der Waals surface area (Å²) in [6, 6.07) is 17.8. The van der Waals surface area contributed by atoms with Crippen LogP contribution in [0.5, 0.6) is 0 Å². The van der Waals surface area contributed by atoms with Gasteiger partial charge in [0.2, 0.25) is 0 Å². The molecule has 1 N–H and O–H groups in total. The highest BCUT2D eigenvalue weighted by Crippen LogP contribution is 2.27. The van der Waals surface area contributed by atoms with E-state index >= 15 is 0 Å². The van der Waals surface area contributed by atoms with E-state index < -0.39 is 0 Å². The van der Waals surface area contributed by atoms with Gasteiger partial charge in [-0.25, -0.2) is 4.98 Å². The fraction of sp³-hybridized carbons (Fsp3) is 0.333. The van der Waals surface area contributed by atoms with E-state index in [2.05, 4.69) is 17.1 Å². The van der Waals surface area contributed by atoms with Crippen LogP contribution in [-0.2, 0) is 13.5 Å². The maximum absolute atomic E-state index is 13.2. The maximum atomic E-state index is 13.2. The van der Waals surface area contributed by atoms with Gasteiger partial charge in [-0.3, -0.25) is 4.79 Å². The smallest absolute Gasteiger partial charge is 0.254 e. The fourth-order valence-electron chi connectivity index (χ4n) is 4.17. The molecule has 29 heavy (non-hydrogen) atoms. The Balaban J connectivity index is 1.42. The molecule has 0 aliphatic carbocycles. The number of aryl methyl sites for hydroxylation is 1. The lowest BCUT2D eigenvalue weighted by Gasteiger charge is -2.34. The van der Waals surface area contributed by atoms with Crippen molar-refractivity contribution in [1.82, 2.24) is 14.5 Å². The number of carbonyl (C=O) groups excluding carboxylic acids is 1. The molecule has 0 radical (unpaired) electrons. The summed E-state index contributed by atoms with van der Waals surface area (Å²) in [6.45, 7) is 1.34. The predicted octanol–water partition coefficient (Wildman–Crippen LogP) is 3.54. The molecule has 1 fully saturated rings. The van der Waals surface area contributed by atoms with Crippen LogP contribution in [0.2, 0.25) is 0 Å². The first kappa shape index (κ1) is 19.4. The highest BCUT2D eigenvalue weighted by atomic mass is 16.3. The van der Waals surface area contributed by atoms with E-state index in [1.165, 1.54) is 0 Å². The van der Waals surface area contributed by atoms with Gasteiger partial charge in [0.15, 0.2) is 0 Å². The van der Waals surface area contributed by atoms with Gasteiger partial charge in [-0.1, -0.05) is 48.5 Å². The average Bonchev–Trinajstić information content (AvgIpc) is 3.20. The molecular formula is C24H27N3O2. The van der Waals surface area contributed by atoms with E-state index in [4.69, 9.17) is 0 Å². The zero-order valence-electron chi connectivity index (χ0n) is 16.7. The number of imidazole rings is 1. The van der Waals surface area contributed by atoms with Gasteiger partial charge in [0.1, 0.15) is 5.82 Å². The minimum Gasteiger partial charge on any atom is -0.392 e. The van der Waals surface area contributed by atoms with Gasteiger partial charge in [-0.05, 0) is 36.8 Å². The maximum Gasteiger partial charge on any atom is 0.254 e. The number of hydrogen-bond acceptors (Lipinski definition) is 3. The molecule has 0 unspecified atom stereocenters. The molecule has 1 saturated heterocycles. The van der Waals surface area contributed by atoms with Gasteiger partial charge in [-0.15, -0.1) is 0 Å². The Morgan fingerprint density at radius 2 is 1.79 bits per heavy atom. The normalized spacial score (nSPS) is 16.0. The molecule has 4 rings (SSSR count). The van der Waals surface area contributed by atoms with E-state index in [0.717, 1.165) is 29.8 Å². The van der Waals surface area contributed by atoms with E-state index in [1.807, 2.05) is 65.2 Å². The van der Waals surface area contributed by atoms with Gasteiger partial charge in [-0.2, -0.15) is 0 Å². The molecule has 1 atom stereocenters. The Bertz CT molecular complexity index is 959. The van der Waals surface area contributed by atoms with Gasteiger partial charge in [0, 0.05) is 38.1 Å². The van der Waals surface area contributed by atoms with Crippen molar-refractivity contribution in [2.24, 2.45) is 13.0 Å². The third-order valence-electron chi connectivity index (χ3n) is 5.88. The van der Waals surface area contributed by atoms with Crippen LogP contribution < -0.4 is 0 Å². The zero-order chi connectivity index (χ0) is 20.2.